The molecule has 0 aliphatic heterocycles. The molecular weight excluding hydrogens is 933 g/mol. The van der Waals surface area contributed by atoms with E-state index in [9.17, 15) is 9.59 Å². The van der Waals surface area contributed by atoms with E-state index in [4.69, 9.17) is 4.42 Å². The van der Waals surface area contributed by atoms with E-state index >= 15 is 19.2 Å². The number of nitrogens with zero attached hydrogens (tertiary/aromatic N) is 2. The number of rotatable bonds is 34. The van der Waals surface area contributed by atoms with Crippen molar-refractivity contribution < 1.29 is 4.42 Å². The van der Waals surface area contributed by atoms with Gasteiger partial charge in [0.1, 0.15) is 0 Å². The summed E-state index contributed by atoms with van der Waals surface area (Å²) >= 11 is 0. The first-order valence-electron chi connectivity index (χ1n) is 30.2. The third-order valence-corrected chi connectivity index (χ3v) is 17.6. The maximum atomic E-state index is 15.3. The fourth-order valence-electron chi connectivity index (χ4n) is 13.6. The molecule has 6 aromatic carbocycles. The van der Waals surface area contributed by atoms with Gasteiger partial charge in [-0.05, 0) is 93.0 Å². The fourth-order valence-corrected chi connectivity index (χ4v) is 13.6. The van der Waals surface area contributed by atoms with E-state index in [0.717, 1.165) is 114 Å². The van der Waals surface area contributed by atoms with Crippen molar-refractivity contribution in [3.8, 4) is 0 Å². The second kappa shape index (κ2) is 25.1. The van der Waals surface area contributed by atoms with Crippen LogP contribution in [-0.4, -0.2) is 9.13 Å². The molecule has 0 saturated carbocycles. The Bertz CT molecular complexity index is 3410. The summed E-state index contributed by atoms with van der Waals surface area (Å²) in [6, 6.07) is 10.5. The maximum Gasteiger partial charge on any atom is 0.347 e. The lowest BCUT2D eigenvalue weighted by atomic mass is 9.81. The first kappa shape index (κ1) is 54.4. The van der Waals surface area contributed by atoms with Crippen LogP contribution in [0.15, 0.2) is 69.6 Å². The highest BCUT2D eigenvalue weighted by Crippen LogP contribution is 2.50. The topological polar surface area (TPSA) is 125 Å². The van der Waals surface area contributed by atoms with Crippen molar-refractivity contribution in [2.75, 3.05) is 0 Å². The summed E-state index contributed by atoms with van der Waals surface area (Å²) in [4.78, 5) is 89.3. The minimum atomic E-state index is -0.797. The molecule has 0 atom stereocenters. The van der Waals surface area contributed by atoms with Crippen LogP contribution in [0.4, 0.5) is 0 Å². The average molecular weight is 1020 g/mol. The van der Waals surface area contributed by atoms with Crippen molar-refractivity contribution in [3.05, 3.63) is 98.7 Å². The van der Waals surface area contributed by atoms with Crippen LogP contribution in [0.3, 0.4) is 0 Å². The van der Waals surface area contributed by atoms with Crippen molar-refractivity contribution >= 4 is 86.2 Å². The third kappa shape index (κ3) is 10.7. The Kier molecular flexibility index (Phi) is 18.2. The highest BCUT2D eigenvalue weighted by molar-refractivity contribution is 6.48. The van der Waals surface area contributed by atoms with Crippen LogP contribution in [0.1, 0.15) is 245 Å². The number of aromatic nitrogens is 2. The summed E-state index contributed by atoms with van der Waals surface area (Å²) in [7, 11) is 0. The van der Waals surface area contributed by atoms with Gasteiger partial charge < -0.3 is 4.42 Å². The van der Waals surface area contributed by atoms with E-state index < -0.39 is 11.3 Å². The van der Waals surface area contributed by atoms with E-state index in [1.165, 1.54) is 112 Å². The van der Waals surface area contributed by atoms with E-state index in [-0.39, 0.29) is 45.1 Å². The lowest BCUT2D eigenvalue weighted by Crippen LogP contribution is -2.37. The quantitative estimate of drug-likeness (QED) is 0.0223. The molecule has 3 aromatic heterocycles. The largest absolute Gasteiger partial charge is 0.386 e. The van der Waals surface area contributed by atoms with Crippen LogP contribution in [0.25, 0.3) is 86.2 Å². The standard InChI is InChI=1S/C66H84N2O7/c1-5-9-13-17-21-25-29-33-43(34-30-26-22-18-14-10-6-2)67-61(69)47-39-37-45-46-38-40-48-54-52(64(72)68(62(48)70)44(35-31-27-23-19-15-11-7-3)36-32-28-24-20-16-12-8-4)42-50-58(56(46)54)57-49(59-60(50)66(74)75-65(59)73)41-51(63(67)71)53(47)55(45)57/h37-44H,5-36H2,1-4H3. The molecule has 0 aliphatic carbocycles. The minimum Gasteiger partial charge on any atom is -0.386 e. The zero-order valence-electron chi connectivity index (χ0n) is 46.0. The molecule has 0 amide bonds. The zero-order valence-corrected chi connectivity index (χ0v) is 46.0. The SMILES string of the molecule is CCCCCCCCCC(CCCCCCCCC)n1c(=O)c2ccc3c4ccc5c(=O)n(C(CCCCCCCCC)CCCCCCCCC)c(=O)c6cc7c8c(=O)oc(=O)c8c8cc(c1=O)c2c3c8c7c4c56. The normalized spacial score (nSPS) is 12.7. The molecule has 0 fully saturated rings. The van der Waals surface area contributed by atoms with Crippen molar-refractivity contribution in [1.82, 2.24) is 9.13 Å². The first-order valence-corrected chi connectivity index (χ1v) is 30.2. The number of furan rings is 1. The fraction of sp³-hybridized carbons (Fsp3) is 0.576. The molecule has 0 saturated heterocycles. The Morgan fingerprint density at radius 3 is 0.853 bits per heavy atom. The monoisotopic (exact) mass is 1020 g/mol. The summed E-state index contributed by atoms with van der Waals surface area (Å²) in [5.41, 5.74) is -2.93. The predicted molar refractivity (Wildman–Crippen MR) is 317 cm³/mol. The molecule has 3 heterocycles. The second-order valence-electron chi connectivity index (χ2n) is 22.8. The molecule has 0 bridgehead atoms. The van der Waals surface area contributed by atoms with Crippen LogP contribution < -0.4 is 33.5 Å². The third-order valence-electron chi connectivity index (χ3n) is 17.6. The van der Waals surface area contributed by atoms with Crippen molar-refractivity contribution in [1.29, 1.82) is 0 Å². The zero-order chi connectivity index (χ0) is 52.6. The van der Waals surface area contributed by atoms with Gasteiger partial charge in [-0.3, -0.25) is 28.3 Å². The summed E-state index contributed by atoms with van der Waals surface area (Å²) in [6.45, 7) is 8.90. The Morgan fingerprint density at radius 1 is 0.293 bits per heavy atom. The number of pyridine rings is 2. The predicted octanol–water partition coefficient (Wildman–Crippen LogP) is 17.1. The van der Waals surface area contributed by atoms with Crippen LogP contribution in [-0.2, 0) is 0 Å². The average Bonchev–Trinajstić information content (AvgIpc) is 3.75. The molecule has 0 unspecified atom stereocenters. The van der Waals surface area contributed by atoms with E-state index in [1.807, 2.05) is 24.3 Å². The van der Waals surface area contributed by atoms with Gasteiger partial charge in [-0.2, -0.15) is 0 Å². The van der Waals surface area contributed by atoms with Crippen LogP contribution >= 0.6 is 0 Å². The number of hydrogen-bond acceptors (Lipinski definition) is 7. The summed E-state index contributed by atoms with van der Waals surface area (Å²) in [5.74, 6) is 0. The molecule has 0 spiro atoms. The van der Waals surface area contributed by atoms with Crippen molar-refractivity contribution in [2.45, 2.75) is 245 Å². The van der Waals surface area contributed by atoms with Crippen LogP contribution in [0.5, 0.6) is 0 Å². The summed E-state index contributed by atoms with van der Waals surface area (Å²) < 4.78 is 8.54. The molecule has 0 radical (unpaired) electrons. The molecule has 75 heavy (non-hydrogen) atoms. The van der Waals surface area contributed by atoms with Gasteiger partial charge in [-0.1, -0.05) is 220 Å². The molecule has 9 nitrogen and oxygen atoms in total. The van der Waals surface area contributed by atoms with Gasteiger partial charge in [0.2, 0.25) is 0 Å². The van der Waals surface area contributed by atoms with Gasteiger partial charge in [0.15, 0.2) is 0 Å². The molecule has 0 aliphatic rings. The first-order chi connectivity index (χ1) is 36.7. The number of benzene rings is 6. The lowest BCUT2D eigenvalue weighted by molar-refractivity contribution is 0.381. The molecule has 9 aromatic rings. The van der Waals surface area contributed by atoms with Gasteiger partial charge in [-0.15, -0.1) is 0 Å². The summed E-state index contributed by atoms with van der Waals surface area (Å²) in [6.07, 6.45) is 34.7. The Morgan fingerprint density at radius 2 is 0.547 bits per heavy atom. The number of fused-ring (bicyclic) bond motifs is 4. The van der Waals surface area contributed by atoms with Crippen molar-refractivity contribution in [3.63, 3.8) is 0 Å². The molecule has 9 heteroatoms. The van der Waals surface area contributed by atoms with Gasteiger partial charge in [-0.25, -0.2) is 9.59 Å². The van der Waals surface area contributed by atoms with Crippen LogP contribution in [0, 0.1) is 0 Å². The maximum absolute atomic E-state index is 15.3. The number of hydrogen-bond donors (Lipinski definition) is 0. The van der Waals surface area contributed by atoms with Crippen molar-refractivity contribution in [2.24, 2.45) is 0 Å². The van der Waals surface area contributed by atoms with E-state index in [0.29, 0.717) is 64.6 Å². The molecule has 400 valence electrons. The van der Waals surface area contributed by atoms with E-state index in [2.05, 4.69) is 27.7 Å². The van der Waals surface area contributed by atoms with Gasteiger partial charge >= 0.3 is 11.3 Å². The van der Waals surface area contributed by atoms with Gasteiger partial charge in [0.05, 0.1) is 10.8 Å². The van der Waals surface area contributed by atoms with Gasteiger partial charge in [0, 0.05) is 44.4 Å². The Labute approximate surface area is 441 Å². The van der Waals surface area contributed by atoms with E-state index in [1.54, 1.807) is 12.1 Å². The van der Waals surface area contributed by atoms with Crippen LogP contribution in [0.2, 0.25) is 0 Å². The molecule has 0 N–H and O–H groups in total. The molecule has 9 rings (SSSR count). The lowest BCUT2D eigenvalue weighted by Gasteiger charge is -2.24. The Hall–Kier alpha value is -5.44. The number of unbranched alkanes of at least 4 members (excludes halogenated alkanes) is 24. The second-order valence-corrected chi connectivity index (χ2v) is 22.8. The molecular formula is C66H84N2O7. The highest BCUT2D eigenvalue weighted by Gasteiger charge is 2.31. The Balaban J connectivity index is 1.21. The highest BCUT2D eigenvalue weighted by atomic mass is 16.4. The van der Waals surface area contributed by atoms with Gasteiger partial charge in [0.25, 0.3) is 22.2 Å². The smallest absolute Gasteiger partial charge is 0.347 e. The minimum absolute atomic E-state index is 0.0778. The summed E-state index contributed by atoms with van der Waals surface area (Å²) in [5, 5.41) is 7.79.